The third-order valence-corrected chi connectivity index (χ3v) is 2.61. The Bertz CT molecular complexity index is 426. The quantitative estimate of drug-likeness (QED) is 0.784. The maximum Gasteiger partial charge on any atom is 0.307 e. The zero-order valence-electron chi connectivity index (χ0n) is 12.0. The van der Waals surface area contributed by atoms with Gasteiger partial charge in [0, 0.05) is 6.04 Å². The summed E-state index contributed by atoms with van der Waals surface area (Å²) in [5.41, 5.74) is 6.80. The van der Waals surface area contributed by atoms with Crippen molar-refractivity contribution >= 4 is 18.4 Å². The van der Waals surface area contributed by atoms with Gasteiger partial charge in [-0.15, -0.1) is 12.4 Å². The van der Waals surface area contributed by atoms with Crippen LogP contribution in [0.15, 0.2) is 18.2 Å². The van der Waals surface area contributed by atoms with Crippen molar-refractivity contribution in [2.45, 2.75) is 26.3 Å². The molecule has 0 aliphatic heterocycles. The van der Waals surface area contributed by atoms with Gasteiger partial charge in [-0.1, -0.05) is 6.07 Å². The van der Waals surface area contributed by atoms with E-state index in [1.165, 1.54) is 0 Å². The van der Waals surface area contributed by atoms with Crippen LogP contribution in [-0.4, -0.2) is 26.3 Å². The second-order valence-corrected chi connectivity index (χ2v) is 3.96. The number of carbonyl (C=O) groups excluding carboxylic acids is 1. The zero-order valence-corrected chi connectivity index (χ0v) is 12.9. The maximum absolute atomic E-state index is 11.4. The molecule has 114 valence electrons. The van der Waals surface area contributed by atoms with Gasteiger partial charge in [0.1, 0.15) is 0 Å². The van der Waals surface area contributed by atoms with E-state index in [0.717, 1.165) is 5.56 Å². The number of rotatable bonds is 7. The molecule has 20 heavy (non-hydrogen) atoms. The molecule has 0 radical (unpaired) electrons. The number of methoxy groups -OCH3 is 1. The van der Waals surface area contributed by atoms with E-state index in [4.69, 9.17) is 19.9 Å². The average molecular weight is 304 g/mol. The molecular formula is C14H22ClNO4. The van der Waals surface area contributed by atoms with Crippen LogP contribution in [0.3, 0.4) is 0 Å². The van der Waals surface area contributed by atoms with Crippen molar-refractivity contribution in [1.82, 2.24) is 0 Å². The molecule has 1 atom stereocenters. The SMILES string of the molecule is CCOC(=O)C[C@@H](N)c1ccc(OC)c(OCC)c1.Cl. The van der Waals surface area contributed by atoms with Crippen molar-refractivity contribution in [1.29, 1.82) is 0 Å². The van der Waals surface area contributed by atoms with Gasteiger partial charge in [0.15, 0.2) is 11.5 Å². The Kier molecular flexibility index (Phi) is 8.76. The molecule has 0 spiro atoms. The van der Waals surface area contributed by atoms with Crippen LogP contribution in [-0.2, 0) is 9.53 Å². The van der Waals surface area contributed by atoms with Crippen LogP contribution < -0.4 is 15.2 Å². The molecule has 0 aromatic heterocycles. The summed E-state index contributed by atoms with van der Waals surface area (Å²) < 4.78 is 15.6. The Morgan fingerprint density at radius 2 is 1.95 bits per heavy atom. The van der Waals surface area contributed by atoms with E-state index in [-0.39, 0.29) is 24.8 Å². The summed E-state index contributed by atoms with van der Waals surface area (Å²) in [4.78, 5) is 11.4. The van der Waals surface area contributed by atoms with Crippen molar-refractivity contribution in [2.75, 3.05) is 20.3 Å². The number of hydrogen-bond donors (Lipinski definition) is 1. The lowest BCUT2D eigenvalue weighted by molar-refractivity contribution is -0.143. The Hall–Kier alpha value is -1.46. The van der Waals surface area contributed by atoms with Crippen LogP contribution >= 0.6 is 12.4 Å². The van der Waals surface area contributed by atoms with Crippen molar-refractivity contribution in [3.8, 4) is 11.5 Å². The summed E-state index contributed by atoms with van der Waals surface area (Å²) in [6.45, 7) is 4.56. The molecule has 1 rings (SSSR count). The third kappa shape index (κ3) is 5.27. The zero-order chi connectivity index (χ0) is 14.3. The van der Waals surface area contributed by atoms with Gasteiger partial charge in [0.05, 0.1) is 26.7 Å². The van der Waals surface area contributed by atoms with Crippen molar-refractivity contribution < 1.29 is 19.0 Å². The first-order chi connectivity index (χ1) is 9.12. The third-order valence-electron chi connectivity index (χ3n) is 2.61. The van der Waals surface area contributed by atoms with Crippen LogP contribution in [0, 0.1) is 0 Å². The van der Waals surface area contributed by atoms with Crippen molar-refractivity contribution in [3.63, 3.8) is 0 Å². The first kappa shape index (κ1) is 18.5. The fourth-order valence-electron chi connectivity index (χ4n) is 1.71. The maximum atomic E-state index is 11.4. The predicted octanol–water partition coefficient (Wildman–Crippen LogP) is 2.47. The van der Waals surface area contributed by atoms with Crippen molar-refractivity contribution in [3.05, 3.63) is 23.8 Å². The second-order valence-electron chi connectivity index (χ2n) is 3.96. The minimum absolute atomic E-state index is 0. The number of benzene rings is 1. The van der Waals surface area contributed by atoms with Gasteiger partial charge >= 0.3 is 5.97 Å². The molecule has 0 saturated carbocycles. The molecule has 0 bridgehead atoms. The van der Waals surface area contributed by atoms with Crippen LogP contribution in [0.5, 0.6) is 11.5 Å². The minimum Gasteiger partial charge on any atom is -0.493 e. The van der Waals surface area contributed by atoms with E-state index in [9.17, 15) is 4.79 Å². The molecule has 1 aromatic carbocycles. The lowest BCUT2D eigenvalue weighted by atomic mass is 10.0. The summed E-state index contributed by atoms with van der Waals surface area (Å²) in [7, 11) is 1.58. The highest BCUT2D eigenvalue weighted by atomic mass is 35.5. The van der Waals surface area contributed by atoms with Gasteiger partial charge in [-0.3, -0.25) is 4.79 Å². The molecule has 0 heterocycles. The Morgan fingerprint density at radius 3 is 2.50 bits per heavy atom. The molecule has 0 fully saturated rings. The van der Waals surface area contributed by atoms with Gasteiger partial charge in [0.2, 0.25) is 0 Å². The first-order valence-electron chi connectivity index (χ1n) is 6.34. The van der Waals surface area contributed by atoms with E-state index in [1.54, 1.807) is 26.2 Å². The van der Waals surface area contributed by atoms with Gasteiger partial charge < -0.3 is 19.9 Å². The highest BCUT2D eigenvalue weighted by molar-refractivity contribution is 5.85. The Labute approximate surface area is 125 Å². The highest BCUT2D eigenvalue weighted by Gasteiger charge is 2.15. The largest absolute Gasteiger partial charge is 0.493 e. The van der Waals surface area contributed by atoms with E-state index in [0.29, 0.717) is 24.7 Å². The fourth-order valence-corrected chi connectivity index (χ4v) is 1.71. The van der Waals surface area contributed by atoms with E-state index < -0.39 is 6.04 Å². The molecule has 0 aliphatic carbocycles. The average Bonchev–Trinajstić information content (AvgIpc) is 2.39. The molecule has 0 aliphatic rings. The fraction of sp³-hybridized carbons (Fsp3) is 0.500. The molecular weight excluding hydrogens is 282 g/mol. The first-order valence-corrected chi connectivity index (χ1v) is 6.34. The van der Waals surface area contributed by atoms with Crippen LogP contribution in [0.1, 0.15) is 31.9 Å². The van der Waals surface area contributed by atoms with E-state index in [1.807, 2.05) is 13.0 Å². The Balaban J connectivity index is 0.00000361. The predicted molar refractivity (Wildman–Crippen MR) is 79.6 cm³/mol. The van der Waals surface area contributed by atoms with Gasteiger partial charge in [-0.05, 0) is 31.5 Å². The highest BCUT2D eigenvalue weighted by Crippen LogP contribution is 2.30. The summed E-state index contributed by atoms with van der Waals surface area (Å²) in [5, 5.41) is 0. The number of esters is 1. The smallest absolute Gasteiger partial charge is 0.307 e. The van der Waals surface area contributed by atoms with E-state index in [2.05, 4.69) is 0 Å². The molecule has 2 N–H and O–H groups in total. The van der Waals surface area contributed by atoms with Crippen molar-refractivity contribution in [2.24, 2.45) is 5.73 Å². The van der Waals surface area contributed by atoms with Crippen LogP contribution in [0.25, 0.3) is 0 Å². The Morgan fingerprint density at radius 1 is 1.25 bits per heavy atom. The standard InChI is InChI=1S/C14H21NO4.ClH/c1-4-18-13-8-10(6-7-12(13)17-3)11(15)9-14(16)19-5-2;/h6-8,11H,4-5,9,15H2,1-3H3;1H/t11-;/m1./s1. The van der Waals surface area contributed by atoms with Crippen LogP contribution in [0.2, 0.25) is 0 Å². The van der Waals surface area contributed by atoms with Gasteiger partial charge in [-0.2, -0.15) is 0 Å². The molecule has 0 unspecified atom stereocenters. The molecule has 0 amide bonds. The number of nitrogens with two attached hydrogens (primary N) is 1. The number of hydrogen-bond acceptors (Lipinski definition) is 5. The lowest BCUT2D eigenvalue weighted by Gasteiger charge is -2.15. The monoisotopic (exact) mass is 303 g/mol. The molecule has 0 saturated heterocycles. The number of halogens is 1. The lowest BCUT2D eigenvalue weighted by Crippen LogP contribution is -2.17. The van der Waals surface area contributed by atoms with Gasteiger partial charge in [0.25, 0.3) is 0 Å². The number of carbonyl (C=O) groups is 1. The van der Waals surface area contributed by atoms with Crippen LogP contribution in [0.4, 0.5) is 0 Å². The van der Waals surface area contributed by atoms with Gasteiger partial charge in [-0.25, -0.2) is 0 Å². The molecule has 6 heteroatoms. The topological polar surface area (TPSA) is 70.8 Å². The number of ether oxygens (including phenoxy) is 3. The summed E-state index contributed by atoms with van der Waals surface area (Å²) in [6, 6.07) is 4.99. The minimum atomic E-state index is -0.413. The summed E-state index contributed by atoms with van der Waals surface area (Å²) in [6.07, 6.45) is 0.145. The molecule has 5 nitrogen and oxygen atoms in total. The van der Waals surface area contributed by atoms with E-state index >= 15 is 0 Å². The molecule has 1 aromatic rings. The normalized spacial score (nSPS) is 11.2. The second kappa shape index (κ2) is 9.44. The summed E-state index contributed by atoms with van der Waals surface area (Å²) in [5.74, 6) is 0.972. The summed E-state index contributed by atoms with van der Waals surface area (Å²) >= 11 is 0.